The molecule has 0 heterocycles. The minimum atomic E-state index is -0.113. The Kier molecular flexibility index (Phi) is 6.21. The van der Waals surface area contributed by atoms with E-state index in [4.69, 9.17) is 22.2 Å². The fourth-order valence-electron chi connectivity index (χ4n) is 2.42. The van der Waals surface area contributed by atoms with Crippen LogP contribution in [0.25, 0.3) is 0 Å². The number of ether oxygens (including phenoxy) is 1. The van der Waals surface area contributed by atoms with Crippen molar-refractivity contribution in [2.45, 2.75) is 25.5 Å². The molecule has 0 radical (unpaired) electrons. The first-order valence-electron chi connectivity index (χ1n) is 7.12. The summed E-state index contributed by atoms with van der Waals surface area (Å²) in [6, 6.07) is 17.9. The molecule has 0 fully saturated rings. The van der Waals surface area contributed by atoms with Crippen LogP contribution in [-0.4, -0.2) is 12.6 Å². The molecule has 0 spiro atoms. The molecule has 0 aromatic heterocycles. The predicted octanol–water partition coefficient (Wildman–Crippen LogP) is 3.49. The molecule has 0 saturated carbocycles. The maximum Gasteiger partial charge on any atom is 0.0994 e. The molecule has 3 N–H and O–H groups in total. The quantitative estimate of drug-likeness (QED) is 0.608. The first-order valence-corrected chi connectivity index (χ1v) is 7.50. The minimum Gasteiger partial charge on any atom is -0.372 e. The van der Waals surface area contributed by atoms with Gasteiger partial charge in [0.15, 0.2) is 0 Å². The van der Waals surface area contributed by atoms with Crippen molar-refractivity contribution in [3.63, 3.8) is 0 Å². The third kappa shape index (κ3) is 4.29. The monoisotopic (exact) mass is 304 g/mol. The zero-order valence-corrected chi connectivity index (χ0v) is 12.9. The van der Waals surface area contributed by atoms with E-state index in [0.717, 1.165) is 16.1 Å². The van der Waals surface area contributed by atoms with Gasteiger partial charge in [0, 0.05) is 11.6 Å². The van der Waals surface area contributed by atoms with Crippen LogP contribution in [0.4, 0.5) is 0 Å². The van der Waals surface area contributed by atoms with Crippen LogP contribution < -0.4 is 11.3 Å². The number of hydrazine groups is 1. The summed E-state index contributed by atoms with van der Waals surface area (Å²) in [6.45, 7) is 2.61. The van der Waals surface area contributed by atoms with Crippen molar-refractivity contribution in [3.05, 3.63) is 70.7 Å². The molecule has 0 aliphatic rings. The van der Waals surface area contributed by atoms with Gasteiger partial charge in [0.1, 0.15) is 0 Å². The van der Waals surface area contributed by atoms with Gasteiger partial charge in [-0.15, -0.1) is 0 Å². The Morgan fingerprint density at radius 3 is 2.38 bits per heavy atom. The highest BCUT2D eigenvalue weighted by Crippen LogP contribution is 2.25. The number of benzene rings is 2. The van der Waals surface area contributed by atoms with Gasteiger partial charge in [-0.2, -0.15) is 0 Å². The largest absolute Gasteiger partial charge is 0.372 e. The highest BCUT2D eigenvalue weighted by molar-refractivity contribution is 6.31. The van der Waals surface area contributed by atoms with Crippen molar-refractivity contribution in [2.75, 3.05) is 6.61 Å². The van der Waals surface area contributed by atoms with Crippen LogP contribution >= 0.6 is 11.6 Å². The molecule has 112 valence electrons. The fraction of sp³-hybridized carbons (Fsp3) is 0.294. The lowest BCUT2D eigenvalue weighted by molar-refractivity contribution is 0.0332. The van der Waals surface area contributed by atoms with Gasteiger partial charge in [0.25, 0.3) is 0 Å². The van der Waals surface area contributed by atoms with Crippen LogP contribution in [0.2, 0.25) is 5.02 Å². The molecule has 2 rings (SSSR count). The normalized spacial score (nSPS) is 13.9. The summed E-state index contributed by atoms with van der Waals surface area (Å²) in [6.07, 6.45) is 0.591. The third-order valence-electron chi connectivity index (χ3n) is 3.45. The van der Waals surface area contributed by atoms with Crippen LogP contribution in [0.1, 0.15) is 24.2 Å². The fourth-order valence-corrected chi connectivity index (χ4v) is 2.63. The zero-order valence-electron chi connectivity index (χ0n) is 12.1. The topological polar surface area (TPSA) is 47.3 Å². The first kappa shape index (κ1) is 16.0. The Balaban J connectivity index is 2.22. The average Bonchev–Trinajstić information content (AvgIpc) is 2.53. The zero-order chi connectivity index (χ0) is 15.1. The van der Waals surface area contributed by atoms with Crippen molar-refractivity contribution in [3.8, 4) is 0 Å². The number of rotatable bonds is 7. The van der Waals surface area contributed by atoms with Gasteiger partial charge in [-0.25, -0.2) is 0 Å². The predicted molar refractivity (Wildman–Crippen MR) is 87.1 cm³/mol. The number of halogens is 1. The number of hydrogen-bond donors (Lipinski definition) is 2. The lowest BCUT2D eigenvalue weighted by atomic mass is 9.96. The van der Waals surface area contributed by atoms with E-state index in [1.807, 2.05) is 49.4 Å². The molecule has 0 saturated heterocycles. The minimum absolute atomic E-state index is 0.0488. The molecule has 2 unspecified atom stereocenters. The van der Waals surface area contributed by atoms with E-state index in [1.54, 1.807) is 0 Å². The lowest BCUT2D eigenvalue weighted by Gasteiger charge is -2.27. The highest BCUT2D eigenvalue weighted by Gasteiger charge is 2.23. The Morgan fingerprint density at radius 1 is 1.10 bits per heavy atom. The molecule has 4 heteroatoms. The molecule has 2 aromatic carbocycles. The van der Waals surface area contributed by atoms with Crippen LogP contribution in [0.15, 0.2) is 54.6 Å². The van der Waals surface area contributed by atoms with Crippen molar-refractivity contribution in [1.29, 1.82) is 0 Å². The summed E-state index contributed by atoms with van der Waals surface area (Å²) in [5.74, 6) is 5.77. The van der Waals surface area contributed by atoms with Crippen LogP contribution in [-0.2, 0) is 11.2 Å². The molecule has 0 amide bonds. The molecular weight excluding hydrogens is 284 g/mol. The first-order chi connectivity index (χ1) is 10.3. The van der Waals surface area contributed by atoms with Gasteiger partial charge in [0.2, 0.25) is 0 Å². The van der Waals surface area contributed by atoms with Crippen molar-refractivity contribution >= 4 is 11.6 Å². The number of nitrogens with one attached hydrogen (secondary N) is 1. The summed E-state index contributed by atoms with van der Waals surface area (Å²) in [5.41, 5.74) is 5.04. The molecule has 2 atom stereocenters. The number of nitrogens with two attached hydrogens (primary N) is 1. The Bertz CT molecular complexity index is 547. The summed E-state index contributed by atoms with van der Waals surface area (Å²) >= 11 is 6.24. The van der Waals surface area contributed by atoms with Gasteiger partial charge in [-0.3, -0.25) is 11.3 Å². The Labute approximate surface area is 131 Å². The highest BCUT2D eigenvalue weighted by atomic mass is 35.5. The van der Waals surface area contributed by atoms with Crippen LogP contribution in [0.5, 0.6) is 0 Å². The van der Waals surface area contributed by atoms with Gasteiger partial charge in [0.05, 0.1) is 12.1 Å². The molecule has 0 aliphatic carbocycles. The summed E-state index contributed by atoms with van der Waals surface area (Å²) < 4.78 is 5.91. The van der Waals surface area contributed by atoms with Gasteiger partial charge in [-0.05, 0) is 30.5 Å². The summed E-state index contributed by atoms with van der Waals surface area (Å²) in [5, 5.41) is 0.751. The molecule has 2 aromatic rings. The number of hydrogen-bond acceptors (Lipinski definition) is 3. The van der Waals surface area contributed by atoms with E-state index in [0.29, 0.717) is 13.0 Å². The van der Waals surface area contributed by atoms with Gasteiger partial charge >= 0.3 is 0 Å². The standard InChI is InChI=1S/C17H21ClN2O/c1-2-21-17(13-8-4-3-5-9-13)16(20-19)12-14-10-6-7-11-15(14)18/h3-11,16-17,20H,2,12,19H2,1H3. The van der Waals surface area contributed by atoms with E-state index in [-0.39, 0.29) is 12.1 Å². The maximum atomic E-state index is 6.24. The SMILES string of the molecule is CCOC(c1ccccc1)C(Cc1ccccc1Cl)NN. The smallest absolute Gasteiger partial charge is 0.0994 e. The van der Waals surface area contributed by atoms with E-state index in [1.165, 1.54) is 0 Å². The van der Waals surface area contributed by atoms with Crippen molar-refractivity contribution in [1.82, 2.24) is 5.43 Å². The second-order valence-corrected chi connectivity index (χ2v) is 5.26. The third-order valence-corrected chi connectivity index (χ3v) is 3.82. The average molecular weight is 305 g/mol. The Hall–Kier alpha value is -1.39. The van der Waals surface area contributed by atoms with Crippen molar-refractivity contribution < 1.29 is 4.74 Å². The second-order valence-electron chi connectivity index (χ2n) is 4.86. The summed E-state index contributed by atoms with van der Waals surface area (Å²) in [4.78, 5) is 0. The lowest BCUT2D eigenvalue weighted by Crippen LogP contribution is -2.42. The molecule has 21 heavy (non-hydrogen) atoms. The van der Waals surface area contributed by atoms with E-state index in [9.17, 15) is 0 Å². The van der Waals surface area contributed by atoms with E-state index >= 15 is 0 Å². The molecular formula is C17H21ClN2O. The molecule has 3 nitrogen and oxygen atoms in total. The van der Waals surface area contributed by atoms with Gasteiger partial charge < -0.3 is 4.74 Å². The molecule has 0 bridgehead atoms. The maximum absolute atomic E-state index is 6.24. The van der Waals surface area contributed by atoms with E-state index in [2.05, 4.69) is 17.6 Å². The Morgan fingerprint density at radius 2 is 1.76 bits per heavy atom. The van der Waals surface area contributed by atoms with Crippen LogP contribution in [0, 0.1) is 0 Å². The van der Waals surface area contributed by atoms with Crippen LogP contribution in [0.3, 0.4) is 0 Å². The summed E-state index contributed by atoms with van der Waals surface area (Å²) in [7, 11) is 0. The molecule has 0 aliphatic heterocycles. The van der Waals surface area contributed by atoms with E-state index < -0.39 is 0 Å². The van der Waals surface area contributed by atoms with Gasteiger partial charge in [-0.1, -0.05) is 60.1 Å². The second kappa shape index (κ2) is 8.15. The van der Waals surface area contributed by atoms with Crippen molar-refractivity contribution in [2.24, 2.45) is 5.84 Å².